The molecule has 2 aromatic rings. The van der Waals surface area contributed by atoms with Gasteiger partial charge in [0.15, 0.2) is 0 Å². The SMILES string of the molecule is Nc1ccc(NCCc2ccccc2F)c(F)c1. The van der Waals surface area contributed by atoms with E-state index in [1.165, 1.54) is 12.1 Å². The van der Waals surface area contributed by atoms with E-state index in [9.17, 15) is 8.78 Å². The largest absolute Gasteiger partial charge is 0.399 e. The van der Waals surface area contributed by atoms with Crippen molar-refractivity contribution in [3.05, 3.63) is 59.7 Å². The van der Waals surface area contributed by atoms with Gasteiger partial charge in [0.05, 0.1) is 5.69 Å². The molecule has 2 nitrogen and oxygen atoms in total. The van der Waals surface area contributed by atoms with Crippen LogP contribution in [-0.2, 0) is 6.42 Å². The average Bonchev–Trinajstić information content (AvgIpc) is 2.34. The number of nitrogens with one attached hydrogen (secondary N) is 1. The first-order valence-electron chi connectivity index (χ1n) is 5.69. The van der Waals surface area contributed by atoms with E-state index in [-0.39, 0.29) is 5.82 Å². The predicted octanol–water partition coefficient (Wildman–Crippen LogP) is 3.20. The lowest BCUT2D eigenvalue weighted by Gasteiger charge is -2.08. The summed E-state index contributed by atoms with van der Waals surface area (Å²) >= 11 is 0. The summed E-state index contributed by atoms with van der Waals surface area (Å²) in [5, 5.41) is 2.92. The molecule has 3 N–H and O–H groups in total. The van der Waals surface area contributed by atoms with E-state index in [0.717, 1.165) is 0 Å². The summed E-state index contributed by atoms with van der Waals surface area (Å²) in [4.78, 5) is 0. The number of benzene rings is 2. The van der Waals surface area contributed by atoms with Crippen LogP contribution in [0.3, 0.4) is 0 Å². The molecule has 0 heterocycles. The van der Waals surface area contributed by atoms with Crippen molar-refractivity contribution in [3.8, 4) is 0 Å². The Hall–Kier alpha value is -2.10. The Labute approximate surface area is 104 Å². The molecule has 0 aliphatic carbocycles. The lowest BCUT2D eigenvalue weighted by atomic mass is 10.1. The van der Waals surface area contributed by atoms with Crippen molar-refractivity contribution in [2.24, 2.45) is 0 Å². The van der Waals surface area contributed by atoms with Gasteiger partial charge in [0, 0.05) is 12.2 Å². The highest BCUT2D eigenvalue weighted by Crippen LogP contribution is 2.17. The molecule has 18 heavy (non-hydrogen) atoms. The number of halogens is 2. The van der Waals surface area contributed by atoms with Crippen molar-refractivity contribution < 1.29 is 8.78 Å². The quantitative estimate of drug-likeness (QED) is 0.815. The lowest BCUT2D eigenvalue weighted by molar-refractivity contribution is 0.610. The van der Waals surface area contributed by atoms with Crippen molar-refractivity contribution in [1.82, 2.24) is 0 Å². The number of anilines is 2. The molecule has 0 saturated carbocycles. The molecule has 0 atom stereocenters. The molecule has 0 unspecified atom stereocenters. The smallest absolute Gasteiger partial charge is 0.148 e. The maximum Gasteiger partial charge on any atom is 0.148 e. The minimum Gasteiger partial charge on any atom is -0.399 e. The predicted molar refractivity (Wildman–Crippen MR) is 69.4 cm³/mol. The second kappa shape index (κ2) is 5.49. The van der Waals surface area contributed by atoms with Crippen LogP contribution in [0.4, 0.5) is 20.2 Å². The van der Waals surface area contributed by atoms with E-state index in [2.05, 4.69) is 5.32 Å². The van der Waals surface area contributed by atoms with E-state index >= 15 is 0 Å². The number of nitrogens with two attached hydrogens (primary N) is 1. The zero-order valence-corrected chi connectivity index (χ0v) is 9.79. The standard InChI is InChI=1S/C14H14F2N2/c15-12-4-2-1-3-10(12)7-8-18-14-6-5-11(17)9-13(14)16/h1-6,9,18H,7-8,17H2. The Morgan fingerprint density at radius 2 is 1.78 bits per heavy atom. The second-order valence-corrected chi connectivity index (χ2v) is 4.01. The zero-order valence-electron chi connectivity index (χ0n) is 9.79. The van der Waals surface area contributed by atoms with Gasteiger partial charge in [-0.05, 0) is 36.2 Å². The van der Waals surface area contributed by atoms with Gasteiger partial charge in [-0.25, -0.2) is 8.78 Å². The maximum atomic E-state index is 13.4. The third-order valence-corrected chi connectivity index (χ3v) is 2.66. The van der Waals surface area contributed by atoms with E-state index < -0.39 is 5.82 Å². The summed E-state index contributed by atoms with van der Waals surface area (Å²) in [7, 11) is 0. The van der Waals surface area contributed by atoms with Gasteiger partial charge in [-0.1, -0.05) is 18.2 Å². The first-order chi connectivity index (χ1) is 8.66. The first kappa shape index (κ1) is 12.4. The number of rotatable bonds is 4. The van der Waals surface area contributed by atoms with Crippen LogP contribution in [0.2, 0.25) is 0 Å². The van der Waals surface area contributed by atoms with Gasteiger partial charge in [0.25, 0.3) is 0 Å². The highest BCUT2D eigenvalue weighted by Gasteiger charge is 2.03. The molecule has 0 aliphatic heterocycles. The van der Waals surface area contributed by atoms with Crippen LogP contribution >= 0.6 is 0 Å². The van der Waals surface area contributed by atoms with E-state index in [1.807, 2.05) is 0 Å². The van der Waals surface area contributed by atoms with Crippen LogP contribution in [0, 0.1) is 11.6 Å². The van der Waals surface area contributed by atoms with Gasteiger partial charge in [-0.3, -0.25) is 0 Å². The lowest BCUT2D eigenvalue weighted by Crippen LogP contribution is -2.07. The zero-order chi connectivity index (χ0) is 13.0. The van der Waals surface area contributed by atoms with Crippen LogP contribution < -0.4 is 11.1 Å². The van der Waals surface area contributed by atoms with Crippen LogP contribution in [0.25, 0.3) is 0 Å². The Kier molecular flexibility index (Phi) is 3.77. The third-order valence-electron chi connectivity index (χ3n) is 2.66. The fourth-order valence-electron chi connectivity index (χ4n) is 1.71. The molecule has 4 heteroatoms. The number of nitrogen functional groups attached to an aromatic ring is 1. The van der Waals surface area contributed by atoms with Crippen LogP contribution in [-0.4, -0.2) is 6.54 Å². The molecule has 0 aliphatic rings. The topological polar surface area (TPSA) is 38.0 Å². The van der Waals surface area contributed by atoms with E-state index in [4.69, 9.17) is 5.73 Å². The molecule has 0 spiro atoms. The van der Waals surface area contributed by atoms with E-state index in [1.54, 1.807) is 30.3 Å². The number of hydrogen-bond donors (Lipinski definition) is 2. The van der Waals surface area contributed by atoms with Crippen molar-refractivity contribution in [1.29, 1.82) is 0 Å². The fourth-order valence-corrected chi connectivity index (χ4v) is 1.71. The molecular formula is C14H14F2N2. The molecule has 0 bridgehead atoms. The van der Waals surface area contributed by atoms with Gasteiger partial charge in [0.2, 0.25) is 0 Å². The monoisotopic (exact) mass is 248 g/mol. The van der Waals surface area contributed by atoms with Gasteiger partial charge in [0.1, 0.15) is 11.6 Å². The van der Waals surface area contributed by atoms with Gasteiger partial charge in [-0.2, -0.15) is 0 Å². The Bertz CT molecular complexity index is 541. The van der Waals surface area contributed by atoms with Gasteiger partial charge < -0.3 is 11.1 Å². The van der Waals surface area contributed by atoms with Crippen molar-refractivity contribution in [2.45, 2.75) is 6.42 Å². The molecule has 0 aromatic heterocycles. The molecule has 2 aromatic carbocycles. The minimum absolute atomic E-state index is 0.239. The molecular weight excluding hydrogens is 234 g/mol. The summed E-state index contributed by atoms with van der Waals surface area (Å²) in [6.07, 6.45) is 0.497. The molecule has 2 rings (SSSR count). The highest BCUT2D eigenvalue weighted by atomic mass is 19.1. The van der Waals surface area contributed by atoms with Crippen molar-refractivity contribution in [2.75, 3.05) is 17.6 Å². The Morgan fingerprint density at radius 1 is 1.00 bits per heavy atom. The summed E-state index contributed by atoms with van der Waals surface area (Å²) in [5.41, 5.74) is 6.82. The van der Waals surface area contributed by atoms with Crippen LogP contribution in [0.15, 0.2) is 42.5 Å². The average molecular weight is 248 g/mol. The van der Waals surface area contributed by atoms with Crippen molar-refractivity contribution >= 4 is 11.4 Å². The summed E-state index contributed by atoms with van der Waals surface area (Å²) in [5.74, 6) is -0.638. The molecule has 0 radical (unpaired) electrons. The minimum atomic E-state index is -0.400. The van der Waals surface area contributed by atoms with E-state index in [0.29, 0.717) is 29.9 Å². The molecule has 0 saturated heterocycles. The third kappa shape index (κ3) is 2.97. The van der Waals surface area contributed by atoms with Crippen LogP contribution in [0.5, 0.6) is 0 Å². The normalized spacial score (nSPS) is 10.3. The van der Waals surface area contributed by atoms with Crippen LogP contribution in [0.1, 0.15) is 5.56 Å². The molecule has 0 amide bonds. The summed E-state index contributed by atoms with van der Waals surface area (Å²) < 4.78 is 26.8. The Balaban J connectivity index is 1.95. The van der Waals surface area contributed by atoms with Crippen molar-refractivity contribution in [3.63, 3.8) is 0 Å². The Morgan fingerprint density at radius 3 is 2.50 bits per heavy atom. The summed E-state index contributed by atoms with van der Waals surface area (Å²) in [6.45, 7) is 0.460. The summed E-state index contributed by atoms with van der Waals surface area (Å²) in [6, 6.07) is 11.0. The molecule has 0 fully saturated rings. The fraction of sp³-hybridized carbons (Fsp3) is 0.143. The van der Waals surface area contributed by atoms with Gasteiger partial charge >= 0.3 is 0 Å². The number of hydrogen-bond acceptors (Lipinski definition) is 2. The first-order valence-corrected chi connectivity index (χ1v) is 5.69. The van der Waals surface area contributed by atoms with Gasteiger partial charge in [-0.15, -0.1) is 0 Å². The molecule has 94 valence electrons. The maximum absolute atomic E-state index is 13.4. The second-order valence-electron chi connectivity index (χ2n) is 4.01. The highest BCUT2D eigenvalue weighted by molar-refractivity contribution is 5.52.